The van der Waals surface area contributed by atoms with Crippen LogP contribution in [0.2, 0.25) is 0 Å². The predicted molar refractivity (Wildman–Crippen MR) is 116 cm³/mol. The van der Waals surface area contributed by atoms with E-state index in [-0.39, 0.29) is 17.7 Å². The van der Waals surface area contributed by atoms with Gasteiger partial charge in [0.2, 0.25) is 0 Å². The summed E-state index contributed by atoms with van der Waals surface area (Å²) in [6.07, 6.45) is 3.02. The minimum atomic E-state index is -0.747. The molecule has 6 nitrogen and oxygen atoms in total. The molecule has 7 heteroatoms. The van der Waals surface area contributed by atoms with Gasteiger partial charge in [-0.1, -0.05) is 42.5 Å². The molecule has 2 heterocycles. The van der Waals surface area contributed by atoms with E-state index in [0.717, 1.165) is 5.82 Å². The van der Waals surface area contributed by atoms with Gasteiger partial charge in [0.1, 0.15) is 5.82 Å². The van der Waals surface area contributed by atoms with Crippen molar-refractivity contribution in [3.05, 3.63) is 84.2 Å². The van der Waals surface area contributed by atoms with Crippen LogP contribution in [0.3, 0.4) is 0 Å². The monoisotopic (exact) mass is 422 g/mol. The van der Waals surface area contributed by atoms with Crippen LogP contribution in [0.5, 0.6) is 5.75 Å². The number of carbonyl (C=O) groups excluding carboxylic acids is 1. The lowest BCUT2D eigenvalue weighted by molar-refractivity contribution is -0.140. The van der Waals surface area contributed by atoms with Crippen molar-refractivity contribution in [1.29, 1.82) is 0 Å². The number of amides is 1. The molecule has 31 heavy (non-hydrogen) atoms. The molecule has 4 rings (SSSR count). The summed E-state index contributed by atoms with van der Waals surface area (Å²) in [4.78, 5) is 21.6. The molecule has 3 aromatic rings. The Kier molecular flexibility index (Phi) is 6.32. The number of piperazine rings is 1. The maximum Gasteiger partial charge on any atom is 0.263 e. The minimum absolute atomic E-state index is 0.0190. The van der Waals surface area contributed by atoms with Gasteiger partial charge in [-0.25, -0.2) is 9.37 Å². The molecule has 1 aromatic heterocycles. The largest absolute Gasteiger partial charge is 0.478 e. The number of nitrogens with zero attached hydrogens (tertiary/aromatic N) is 4. The molecule has 0 spiro atoms. The summed E-state index contributed by atoms with van der Waals surface area (Å²) >= 11 is 0. The Morgan fingerprint density at radius 2 is 1.71 bits per heavy atom. The van der Waals surface area contributed by atoms with Crippen LogP contribution in [0.25, 0.3) is 0 Å². The van der Waals surface area contributed by atoms with Gasteiger partial charge in [-0.2, -0.15) is 0 Å². The van der Waals surface area contributed by atoms with Crippen LogP contribution in [0.15, 0.2) is 67.0 Å². The van der Waals surface area contributed by atoms with Crippen LogP contribution in [-0.4, -0.2) is 57.5 Å². The summed E-state index contributed by atoms with van der Waals surface area (Å²) in [7, 11) is 2.00. The Morgan fingerprint density at radius 1 is 1.03 bits per heavy atom. The molecule has 1 aliphatic rings. The number of rotatable bonds is 6. The molecule has 0 bridgehead atoms. The molecule has 0 N–H and O–H groups in total. The molecule has 1 amide bonds. The Bertz CT molecular complexity index is 1020. The molecule has 0 aliphatic carbocycles. The first kappa shape index (κ1) is 21.1. The number of ether oxygens (including phenoxy) is 1. The van der Waals surface area contributed by atoms with E-state index < -0.39 is 11.9 Å². The normalized spacial score (nSPS) is 16.7. The molecule has 0 saturated carbocycles. The summed E-state index contributed by atoms with van der Waals surface area (Å²) in [5.41, 5.74) is 1.17. The van der Waals surface area contributed by atoms with Crippen molar-refractivity contribution in [1.82, 2.24) is 19.4 Å². The van der Waals surface area contributed by atoms with Crippen LogP contribution in [-0.2, 0) is 11.8 Å². The second-order valence-corrected chi connectivity index (χ2v) is 7.76. The SMILES string of the molecule is C[C@@H](Oc1ccccc1F)C(=O)N1CCN([C@@H](c2ccccc2)c2nccn2C)CC1. The highest BCUT2D eigenvalue weighted by molar-refractivity contribution is 5.81. The minimum Gasteiger partial charge on any atom is -0.478 e. The van der Waals surface area contributed by atoms with E-state index >= 15 is 0 Å². The zero-order valence-electron chi connectivity index (χ0n) is 17.8. The van der Waals surface area contributed by atoms with E-state index in [2.05, 4.69) is 22.0 Å². The second kappa shape index (κ2) is 9.31. The molecule has 1 fully saturated rings. The smallest absolute Gasteiger partial charge is 0.263 e. The van der Waals surface area contributed by atoms with E-state index in [1.165, 1.54) is 17.7 Å². The highest BCUT2D eigenvalue weighted by Gasteiger charge is 2.32. The molecule has 2 atom stereocenters. The Morgan fingerprint density at radius 3 is 2.35 bits per heavy atom. The number of imidazole rings is 1. The Hall–Kier alpha value is -3.19. The zero-order chi connectivity index (χ0) is 21.8. The highest BCUT2D eigenvalue weighted by Crippen LogP contribution is 2.28. The lowest BCUT2D eigenvalue weighted by Gasteiger charge is -2.39. The Balaban J connectivity index is 1.43. The van der Waals surface area contributed by atoms with Gasteiger partial charge >= 0.3 is 0 Å². The van der Waals surface area contributed by atoms with Crippen molar-refractivity contribution >= 4 is 5.91 Å². The summed E-state index contributed by atoms with van der Waals surface area (Å²) in [5, 5.41) is 0. The number of aryl methyl sites for hydroxylation is 1. The molecule has 1 aliphatic heterocycles. The van der Waals surface area contributed by atoms with Gasteiger partial charge in [0.05, 0.1) is 6.04 Å². The average Bonchev–Trinajstić information content (AvgIpc) is 3.21. The fourth-order valence-electron chi connectivity index (χ4n) is 4.04. The predicted octanol–water partition coefficient (Wildman–Crippen LogP) is 3.26. The lowest BCUT2D eigenvalue weighted by atomic mass is 10.0. The highest BCUT2D eigenvalue weighted by atomic mass is 19.1. The molecular weight excluding hydrogens is 395 g/mol. The van der Waals surface area contributed by atoms with Crippen LogP contribution in [0.1, 0.15) is 24.4 Å². The van der Waals surface area contributed by atoms with Crippen LogP contribution in [0, 0.1) is 5.82 Å². The van der Waals surface area contributed by atoms with Gasteiger partial charge in [0, 0.05) is 45.6 Å². The van der Waals surface area contributed by atoms with E-state index in [0.29, 0.717) is 26.2 Å². The van der Waals surface area contributed by atoms with Crippen molar-refractivity contribution in [2.24, 2.45) is 7.05 Å². The van der Waals surface area contributed by atoms with Gasteiger partial charge in [0.25, 0.3) is 5.91 Å². The second-order valence-electron chi connectivity index (χ2n) is 7.76. The molecule has 162 valence electrons. The number of carbonyl (C=O) groups is 1. The van der Waals surface area contributed by atoms with E-state index in [9.17, 15) is 9.18 Å². The summed E-state index contributed by atoms with van der Waals surface area (Å²) in [6, 6.07) is 16.5. The van der Waals surface area contributed by atoms with Gasteiger partial charge in [0.15, 0.2) is 17.7 Å². The number of halogens is 1. The molecule has 1 saturated heterocycles. The molecule has 0 radical (unpaired) electrons. The lowest BCUT2D eigenvalue weighted by Crippen LogP contribution is -2.52. The van der Waals surface area contributed by atoms with E-state index in [4.69, 9.17) is 4.74 Å². The zero-order valence-corrected chi connectivity index (χ0v) is 17.8. The third kappa shape index (κ3) is 4.61. The van der Waals surface area contributed by atoms with Crippen molar-refractivity contribution in [2.75, 3.05) is 26.2 Å². The molecule has 0 unspecified atom stereocenters. The first-order valence-corrected chi connectivity index (χ1v) is 10.5. The van der Waals surface area contributed by atoms with Crippen molar-refractivity contribution < 1.29 is 13.9 Å². The quantitative estimate of drug-likeness (QED) is 0.612. The van der Waals surface area contributed by atoms with Gasteiger partial charge in [-0.15, -0.1) is 0 Å². The van der Waals surface area contributed by atoms with Gasteiger partial charge < -0.3 is 14.2 Å². The van der Waals surface area contributed by atoms with Crippen molar-refractivity contribution in [2.45, 2.75) is 19.1 Å². The van der Waals surface area contributed by atoms with Crippen molar-refractivity contribution in [3.8, 4) is 5.75 Å². The number of benzene rings is 2. The maximum atomic E-state index is 13.9. The fraction of sp³-hybridized carbons (Fsp3) is 0.333. The molecule has 2 aromatic carbocycles. The maximum absolute atomic E-state index is 13.9. The topological polar surface area (TPSA) is 50.6 Å². The Labute approximate surface area is 181 Å². The number of aromatic nitrogens is 2. The third-order valence-corrected chi connectivity index (χ3v) is 5.70. The summed E-state index contributed by atoms with van der Waals surface area (Å²) in [5.74, 6) is 0.479. The van der Waals surface area contributed by atoms with Gasteiger partial charge in [-0.05, 0) is 24.6 Å². The summed E-state index contributed by atoms with van der Waals surface area (Å²) < 4.78 is 21.5. The van der Waals surface area contributed by atoms with Crippen LogP contribution < -0.4 is 4.74 Å². The number of hydrogen-bond acceptors (Lipinski definition) is 4. The van der Waals surface area contributed by atoms with Crippen LogP contribution >= 0.6 is 0 Å². The standard InChI is InChI=1S/C24H27FN4O2/c1-18(31-21-11-7-6-10-20(21)25)24(30)29-16-14-28(15-17-29)22(19-8-4-3-5-9-19)23-26-12-13-27(23)2/h3-13,18,22H,14-17H2,1-2H3/t18-,22+/m1/s1. The van der Waals surface area contributed by atoms with Gasteiger partial charge in [-0.3, -0.25) is 9.69 Å². The van der Waals surface area contributed by atoms with Crippen molar-refractivity contribution in [3.63, 3.8) is 0 Å². The van der Waals surface area contributed by atoms with Crippen LogP contribution in [0.4, 0.5) is 4.39 Å². The number of hydrogen-bond donors (Lipinski definition) is 0. The third-order valence-electron chi connectivity index (χ3n) is 5.70. The first-order chi connectivity index (χ1) is 15.0. The first-order valence-electron chi connectivity index (χ1n) is 10.5. The summed E-state index contributed by atoms with van der Waals surface area (Å²) in [6.45, 7) is 4.26. The van der Waals surface area contributed by atoms with E-state index in [1.807, 2.05) is 42.2 Å². The number of para-hydroxylation sites is 1. The average molecular weight is 423 g/mol. The molecular formula is C24H27FN4O2. The fourth-order valence-corrected chi connectivity index (χ4v) is 4.04. The van der Waals surface area contributed by atoms with E-state index in [1.54, 1.807) is 24.0 Å².